The number of carbonyl (C=O) groups is 1. The maximum absolute atomic E-state index is 11.9. The van der Waals surface area contributed by atoms with E-state index in [9.17, 15) is 4.79 Å². The standard InChI is InChI=1S/C15H22N4O2.2ClH/c1-11(17-14(20)10-16-8-9-21-3)15-18-12-6-4-5-7-13(12)19(15)2;;/h4-7,11,16H,8-10H2,1-3H3,(H,17,20);2*1H. The van der Waals surface area contributed by atoms with Gasteiger partial charge in [-0.2, -0.15) is 0 Å². The molecule has 2 N–H and O–H groups in total. The summed E-state index contributed by atoms with van der Waals surface area (Å²) in [6.45, 7) is 3.46. The predicted octanol–water partition coefficient (Wildman–Crippen LogP) is 1.83. The largest absolute Gasteiger partial charge is 0.383 e. The molecule has 0 saturated carbocycles. The summed E-state index contributed by atoms with van der Waals surface area (Å²) < 4.78 is 6.93. The lowest BCUT2D eigenvalue weighted by Gasteiger charge is -2.14. The number of methoxy groups -OCH3 is 1. The van der Waals surface area contributed by atoms with E-state index in [0.29, 0.717) is 13.2 Å². The van der Waals surface area contributed by atoms with Crippen LogP contribution in [0.25, 0.3) is 11.0 Å². The molecule has 0 radical (unpaired) electrons. The average molecular weight is 363 g/mol. The zero-order valence-electron chi connectivity index (χ0n) is 13.5. The first kappa shape index (κ1) is 21.7. The maximum atomic E-state index is 11.9. The van der Waals surface area contributed by atoms with Gasteiger partial charge in [-0.3, -0.25) is 4.79 Å². The molecule has 0 spiro atoms. The van der Waals surface area contributed by atoms with Crippen molar-refractivity contribution in [1.29, 1.82) is 0 Å². The van der Waals surface area contributed by atoms with Crippen LogP contribution in [-0.4, -0.2) is 42.3 Å². The van der Waals surface area contributed by atoms with Crippen LogP contribution in [0.5, 0.6) is 0 Å². The van der Waals surface area contributed by atoms with Crippen LogP contribution in [0.4, 0.5) is 0 Å². The summed E-state index contributed by atoms with van der Waals surface area (Å²) in [4.78, 5) is 16.4. The molecule has 2 rings (SSSR count). The summed E-state index contributed by atoms with van der Waals surface area (Å²) in [7, 11) is 3.60. The predicted molar refractivity (Wildman–Crippen MR) is 96.5 cm³/mol. The highest BCUT2D eigenvalue weighted by Gasteiger charge is 2.15. The van der Waals surface area contributed by atoms with Gasteiger partial charge in [-0.25, -0.2) is 4.98 Å². The summed E-state index contributed by atoms with van der Waals surface area (Å²) in [5, 5.41) is 5.97. The summed E-state index contributed by atoms with van der Waals surface area (Å²) in [6, 6.07) is 7.80. The SMILES string of the molecule is COCCNCC(=O)NC(C)c1nc2ccccc2n1C.Cl.Cl. The molecule has 1 unspecified atom stereocenters. The zero-order chi connectivity index (χ0) is 15.2. The minimum atomic E-state index is -0.140. The van der Waals surface area contributed by atoms with Crippen molar-refractivity contribution in [3.8, 4) is 0 Å². The van der Waals surface area contributed by atoms with Crippen LogP contribution in [0.2, 0.25) is 0 Å². The Bertz CT molecular complexity index is 619. The molecule has 2 aromatic rings. The van der Waals surface area contributed by atoms with Crippen molar-refractivity contribution in [1.82, 2.24) is 20.2 Å². The average Bonchev–Trinajstić information content (AvgIpc) is 2.81. The molecule has 8 heteroatoms. The monoisotopic (exact) mass is 362 g/mol. The third-order valence-corrected chi connectivity index (χ3v) is 3.36. The molecule has 0 saturated heterocycles. The van der Waals surface area contributed by atoms with E-state index < -0.39 is 0 Å². The number of para-hydroxylation sites is 2. The fraction of sp³-hybridized carbons (Fsp3) is 0.467. The van der Waals surface area contributed by atoms with Gasteiger partial charge < -0.3 is 19.9 Å². The van der Waals surface area contributed by atoms with Crippen molar-refractivity contribution in [2.75, 3.05) is 26.8 Å². The molecule has 0 aliphatic rings. The molecule has 1 heterocycles. The number of halogens is 2. The zero-order valence-corrected chi connectivity index (χ0v) is 15.2. The topological polar surface area (TPSA) is 68.2 Å². The lowest BCUT2D eigenvalue weighted by atomic mass is 10.3. The number of benzene rings is 1. The number of hydrogen-bond donors (Lipinski definition) is 2. The lowest BCUT2D eigenvalue weighted by Crippen LogP contribution is -2.37. The van der Waals surface area contributed by atoms with Crippen molar-refractivity contribution < 1.29 is 9.53 Å². The quantitative estimate of drug-likeness (QED) is 0.737. The molecule has 1 amide bonds. The van der Waals surface area contributed by atoms with E-state index in [1.54, 1.807) is 7.11 Å². The Morgan fingerprint density at radius 1 is 1.35 bits per heavy atom. The van der Waals surface area contributed by atoms with E-state index in [-0.39, 0.29) is 43.3 Å². The van der Waals surface area contributed by atoms with E-state index in [2.05, 4.69) is 15.6 Å². The van der Waals surface area contributed by atoms with E-state index in [1.165, 1.54) is 0 Å². The van der Waals surface area contributed by atoms with Gasteiger partial charge in [0, 0.05) is 20.7 Å². The molecule has 6 nitrogen and oxygen atoms in total. The molecule has 0 aliphatic carbocycles. The second-order valence-corrected chi connectivity index (χ2v) is 4.98. The van der Waals surface area contributed by atoms with E-state index >= 15 is 0 Å². The number of nitrogens with one attached hydrogen (secondary N) is 2. The third-order valence-electron chi connectivity index (χ3n) is 3.36. The molecule has 1 aromatic heterocycles. The maximum Gasteiger partial charge on any atom is 0.234 e. The highest BCUT2D eigenvalue weighted by Crippen LogP contribution is 2.18. The van der Waals surface area contributed by atoms with Crippen LogP contribution in [0.3, 0.4) is 0 Å². The molecular formula is C15H24Cl2N4O2. The van der Waals surface area contributed by atoms with Crippen LogP contribution in [-0.2, 0) is 16.6 Å². The number of nitrogens with zero attached hydrogens (tertiary/aromatic N) is 2. The second-order valence-electron chi connectivity index (χ2n) is 4.98. The molecule has 0 aliphatic heterocycles. The molecule has 0 fully saturated rings. The van der Waals surface area contributed by atoms with Gasteiger partial charge in [-0.15, -0.1) is 24.8 Å². The lowest BCUT2D eigenvalue weighted by molar-refractivity contribution is -0.120. The Kier molecular flexibility index (Phi) is 9.83. The van der Waals surface area contributed by atoms with Crippen LogP contribution < -0.4 is 10.6 Å². The summed E-state index contributed by atoms with van der Waals surface area (Å²) >= 11 is 0. The van der Waals surface area contributed by atoms with Gasteiger partial charge in [0.05, 0.1) is 30.2 Å². The Labute approximate surface area is 148 Å². The number of aryl methyl sites for hydroxylation is 1. The van der Waals surface area contributed by atoms with Crippen LogP contribution >= 0.6 is 24.8 Å². The first-order valence-corrected chi connectivity index (χ1v) is 7.04. The number of fused-ring (bicyclic) bond motifs is 1. The summed E-state index contributed by atoms with van der Waals surface area (Å²) in [6.07, 6.45) is 0. The van der Waals surface area contributed by atoms with E-state index in [4.69, 9.17) is 4.74 Å². The van der Waals surface area contributed by atoms with Gasteiger partial charge in [0.2, 0.25) is 5.91 Å². The highest BCUT2D eigenvalue weighted by molar-refractivity contribution is 5.85. The molecular weight excluding hydrogens is 339 g/mol. The molecule has 0 bridgehead atoms. The molecule has 1 atom stereocenters. The van der Waals surface area contributed by atoms with Crippen molar-refractivity contribution in [3.05, 3.63) is 30.1 Å². The number of hydrogen-bond acceptors (Lipinski definition) is 4. The highest BCUT2D eigenvalue weighted by atomic mass is 35.5. The normalized spacial score (nSPS) is 11.4. The van der Waals surface area contributed by atoms with Crippen LogP contribution in [0, 0.1) is 0 Å². The second kappa shape index (κ2) is 10.4. The van der Waals surface area contributed by atoms with Gasteiger partial charge in [-0.05, 0) is 19.1 Å². The van der Waals surface area contributed by atoms with Crippen LogP contribution in [0.1, 0.15) is 18.8 Å². The Morgan fingerprint density at radius 3 is 2.70 bits per heavy atom. The number of rotatable bonds is 7. The first-order valence-electron chi connectivity index (χ1n) is 7.04. The van der Waals surface area contributed by atoms with Gasteiger partial charge in [-0.1, -0.05) is 12.1 Å². The van der Waals surface area contributed by atoms with Gasteiger partial charge >= 0.3 is 0 Å². The summed E-state index contributed by atoms with van der Waals surface area (Å²) in [5.41, 5.74) is 2.00. The molecule has 23 heavy (non-hydrogen) atoms. The fourth-order valence-electron chi connectivity index (χ4n) is 2.28. The van der Waals surface area contributed by atoms with Crippen molar-refractivity contribution in [2.45, 2.75) is 13.0 Å². The summed E-state index contributed by atoms with van der Waals surface area (Å²) in [5.74, 6) is 0.798. The minimum Gasteiger partial charge on any atom is -0.383 e. The van der Waals surface area contributed by atoms with Crippen molar-refractivity contribution in [2.24, 2.45) is 7.05 Å². The van der Waals surface area contributed by atoms with Crippen molar-refractivity contribution in [3.63, 3.8) is 0 Å². The Hall–Kier alpha value is -1.34. The Morgan fingerprint density at radius 2 is 2.04 bits per heavy atom. The fourth-order valence-corrected chi connectivity index (χ4v) is 2.28. The number of imidazole rings is 1. The minimum absolute atomic E-state index is 0. The first-order chi connectivity index (χ1) is 10.1. The third kappa shape index (κ3) is 5.66. The molecule has 130 valence electrons. The smallest absolute Gasteiger partial charge is 0.234 e. The molecule has 1 aromatic carbocycles. The number of ether oxygens (including phenoxy) is 1. The van der Waals surface area contributed by atoms with Gasteiger partial charge in [0.15, 0.2) is 0 Å². The number of aromatic nitrogens is 2. The number of amides is 1. The van der Waals surface area contributed by atoms with Gasteiger partial charge in [0.1, 0.15) is 5.82 Å². The van der Waals surface area contributed by atoms with Crippen LogP contribution in [0.15, 0.2) is 24.3 Å². The number of carbonyl (C=O) groups excluding carboxylic acids is 1. The van der Waals surface area contributed by atoms with Crippen molar-refractivity contribution >= 4 is 41.8 Å². The Balaban J connectivity index is 0.00000242. The van der Waals surface area contributed by atoms with E-state index in [1.807, 2.05) is 42.8 Å². The van der Waals surface area contributed by atoms with E-state index in [0.717, 1.165) is 16.9 Å². The van der Waals surface area contributed by atoms with Gasteiger partial charge in [0.25, 0.3) is 0 Å².